The maximum atomic E-state index is 13.3. The Hall–Kier alpha value is -0.890. The van der Waals surface area contributed by atoms with Gasteiger partial charge in [-0.1, -0.05) is 25.1 Å². The van der Waals surface area contributed by atoms with Crippen molar-refractivity contribution in [2.45, 2.75) is 19.8 Å². The van der Waals surface area contributed by atoms with Gasteiger partial charge in [0, 0.05) is 0 Å². The molecule has 1 nitrogen and oxygen atoms in total. The first kappa shape index (κ1) is 11.2. The number of halogens is 1. The molecule has 0 saturated heterocycles. The molecule has 0 aromatic heterocycles. The molecule has 0 radical (unpaired) electrons. The summed E-state index contributed by atoms with van der Waals surface area (Å²) in [7, 11) is 1.94. The third-order valence-corrected chi connectivity index (χ3v) is 2.41. The monoisotopic (exact) mass is 195 g/mol. The lowest BCUT2D eigenvalue weighted by Gasteiger charge is -2.11. The second-order valence-corrected chi connectivity index (χ2v) is 3.79. The van der Waals surface area contributed by atoms with E-state index in [9.17, 15) is 4.39 Å². The highest BCUT2D eigenvalue weighted by Gasteiger charge is 2.06. The van der Waals surface area contributed by atoms with Gasteiger partial charge in [0.05, 0.1) is 0 Å². The first-order valence-corrected chi connectivity index (χ1v) is 5.12. The molecule has 1 unspecified atom stereocenters. The summed E-state index contributed by atoms with van der Waals surface area (Å²) >= 11 is 0. The fraction of sp³-hybridized carbons (Fsp3) is 0.500. The molecule has 0 spiro atoms. The largest absolute Gasteiger partial charge is 0.320 e. The van der Waals surface area contributed by atoms with Gasteiger partial charge in [-0.15, -0.1) is 0 Å². The molecule has 0 aliphatic heterocycles. The van der Waals surface area contributed by atoms with E-state index < -0.39 is 0 Å². The molecule has 78 valence electrons. The molecular weight excluding hydrogens is 177 g/mol. The number of rotatable bonds is 5. The van der Waals surface area contributed by atoms with Crippen LogP contribution in [0.3, 0.4) is 0 Å². The zero-order valence-corrected chi connectivity index (χ0v) is 8.89. The molecule has 1 aromatic rings. The van der Waals surface area contributed by atoms with Crippen LogP contribution in [0.4, 0.5) is 4.39 Å². The van der Waals surface area contributed by atoms with Gasteiger partial charge >= 0.3 is 0 Å². The molecule has 1 atom stereocenters. The molecule has 0 aliphatic rings. The highest BCUT2D eigenvalue weighted by Crippen LogP contribution is 2.14. The van der Waals surface area contributed by atoms with Crippen LogP contribution in [0.15, 0.2) is 24.3 Å². The molecule has 0 saturated carbocycles. The molecule has 14 heavy (non-hydrogen) atoms. The van der Waals surface area contributed by atoms with Crippen LogP contribution >= 0.6 is 0 Å². The van der Waals surface area contributed by atoms with E-state index in [-0.39, 0.29) is 5.82 Å². The fourth-order valence-corrected chi connectivity index (χ4v) is 1.53. The topological polar surface area (TPSA) is 12.0 Å². The number of hydrogen-bond acceptors (Lipinski definition) is 1. The van der Waals surface area contributed by atoms with Gasteiger partial charge in [-0.25, -0.2) is 4.39 Å². The van der Waals surface area contributed by atoms with Gasteiger partial charge in [0.25, 0.3) is 0 Å². The van der Waals surface area contributed by atoms with E-state index in [2.05, 4.69) is 12.2 Å². The normalized spacial score (nSPS) is 12.8. The van der Waals surface area contributed by atoms with E-state index in [0.717, 1.165) is 24.9 Å². The summed E-state index contributed by atoms with van der Waals surface area (Å²) < 4.78 is 13.3. The third kappa shape index (κ3) is 3.46. The van der Waals surface area contributed by atoms with Crippen LogP contribution < -0.4 is 5.32 Å². The van der Waals surface area contributed by atoms with Crippen molar-refractivity contribution in [3.8, 4) is 0 Å². The van der Waals surface area contributed by atoms with E-state index in [1.54, 1.807) is 6.07 Å². The Labute approximate surface area is 85.3 Å². The van der Waals surface area contributed by atoms with Crippen LogP contribution in [-0.4, -0.2) is 13.6 Å². The minimum absolute atomic E-state index is 0.0798. The van der Waals surface area contributed by atoms with Crippen molar-refractivity contribution in [3.63, 3.8) is 0 Å². The Kier molecular flexibility index (Phi) is 4.60. The minimum atomic E-state index is -0.0798. The van der Waals surface area contributed by atoms with Crippen molar-refractivity contribution in [2.75, 3.05) is 13.6 Å². The fourth-order valence-electron chi connectivity index (χ4n) is 1.53. The number of nitrogens with one attached hydrogen (secondary N) is 1. The number of hydrogen-bond donors (Lipinski definition) is 1. The summed E-state index contributed by atoms with van der Waals surface area (Å²) in [6.07, 6.45) is 1.92. The molecule has 2 heteroatoms. The van der Waals surface area contributed by atoms with Gasteiger partial charge in [-0.3, -0.25) is 0 Å². The maximum absolute atomic E-state index is 13.3. The molecule has 0 bridgehead atoms. The summed E-state index contributed by atoms with van der Waals surface area (Å²) in [5, 5.41) is 3.11. The Morgan fingerprint density at radius 2 is 2.07 bits per heavy atom. The molecule has 0 fully saturated rings. The molecule has 0 aliphatic carbocycles. The first-order chi connectivity index (χ1) is 6.74. The summed E-state index contributed by atoms with van der Waals surface area (Å²) in [5.41, 5.74) is 0.830. The third-order valence-electron chi connectivity index (χ3n) is 2.41. The SMILES string of the molecule is CNCCC(C)Cc1ccccc1F. The van der Waals surface area contributed by atoms with Crippen LogP contribution in [-0.2, 0) is 6.42 Å². The van der Waals surface area contributed by atoms with Gasteiger partial charge in [0.15, 0.2) is 0 Å². The van der Waals surface area contributed by atoms with E-state index in [1.165, 1.54) is 6.07 Å². The Morgan fingerprint density at radius 3 is 2.71 bits per heavy atom. The van der Waals surface area contributed by atoms with E-state index >= 15 is 0 Å². The zero-order valence-electron chi connectivity index (χ0n) is 8.89. The minimum Gasteiger partial charge on any atom is -0.320 e. The van der Waals surface area contributed by atoms with Gasteiger partial charge in [-0.05, 0) is 44.0 Å². The van der Waals surface area contributed by atoms with Crippen LogP contribution in [0.5, 0.6) is 0 Å². The summed E-state index contributed by atoms with van der Waals surface area (Å²) in [6.45, 7) is 3.15. The quantitative estimate of drug-likeness (QED) is 0.761. The highest BCUT2D eigenvalue weighted by atomic mass is 19.1. The zero-order chi connectivity index (χ0) is 10.4. The van der Waals surface area contributed by atoms with Crippen LogP contribution in [0.2, 0.25) is 0 Å². The van der Waals surface area contributed by atoms with Gasteiger partial charge in [0.2, 0.25) is 0 Å². The van der Waals surface area contributed by atoms with Gasteiger partial charge in [0.1, 0.15) is 5.82 Å². The summed E-state index contributed by atoms with van der Waals surface area (Å²) in [4.78, 5) is 0. The van der Waals surface area contributed by atoms with Crippen molar-refractivity contribution in [2.24, 2.45) is 5.92 Å². The van der Waals surface area contributed by atoms with Crippen molar-refractivity contribution < 1.29 is 4.39 Å². The standard InChI is InChI=1S/C12H18FN/c1-10(7-8-14-2)9-11-5-3-4-6-12(11)13/h3-6,10,14H,7-9H2,1-2H3. The molecule has 1 N–H and O–H groups in total. The molecule has 0 heterocycles. The van der Waals surface area contributed by atoms with Crippen LogP contribution in [0, 0.1) is 11.7 Å². The van der Waals surface area contributed by atoms with E-state index in [0.29, 0.717) is 5.92 Å². The average molecular weight is 195 g/mol. The maximum Gasteiger partial charge on any atom is 0.126 e. The lowest BCUT2D eigenvalue weighted by atomic mass is 9.98. The Bertz CT molecular complexity index is 273. The molecule has 1 rings (SSSR count). The van der Waals surface area contributed by atoms with E-state index in [1.807, 2.05) is 19.2 Å². The Balaban J connectivity index is 2.47. The predicted octanol–water partition coefficient (Wildman–Crippen LogP) is 2.61. The Morgan fingerprint density at radius 1 is 1.36 bits per heavy atom. The lowest BCUT2D eigenvalue weighted by molar-refractivity contribution is 0.499. The molecular formula is C12H18FN. The van der Waals surface area contributed by atoms with Gasteiger partial charge in [-0.2, -0.15) is 0 Å². The lowest BCUT2D eigenvalue weighted by Crippen LogP contribution is -2.13. The smallest absolute Gasteiger partial charge is 0.126 e. The first-order valence-electron chi connectivity index (χ1n) is 5.12. The predicted molar refractivity (Wildman–Crippen MR) is 57.8 cm³/mol. The van der Waals surface area contributed by atoms with Crippen molar-refractivity contribution in [1.82, 2.24) is 5.32 Å². The second-order valence-electron chi connectivity index (χ2n) is 3.79. The highest BCUT2D eigenvalue weighted by molar-refractivity contribution is 5.17. The van der Waals surface area contributed by atoms with Crippen molar-refractivity contribution in [1.29, 1.82) is 0 Å². The molecule has 1 aromatic carbocycles. The van der Waals surface area contributed by atoms with Crippen LogP contribution in [0.25, 0.3) is 0 Å². The van der Waals surface area contributed by atoms with Crippen LogP contribution in [0.1, 0.15) is 18.9 Å². The second kappa shape index (κ2) is 5.76. The van der Waals surface area contributed by atoms with E-state index in [4.69, 9.17) is 0 Å². The van der Waals surface area contributed by atoms with Crippen molar-refractivity contribution in [3.05, 3.63) is 35.6 Å². The van der Waals surface area contributed by atoms with Crippen molar-refractivity contribution >= 4 is 0 Å². The molecule has 0 amide bonds. The average Bonchev–Trinajstić information content (AvgIpc) is 2.18. The number of benzene rings is 1. The van der Waals surface area contributed by atoms with Gasteiger partial charge < -0.3 is 5.32 Å². The summed E-state index contributed by atoms with van der Waals surface area (Å²) in [6, 6.07) is 7.02. The summed E-state index contributed by atoms with van der Waals surface area (Å²) in [5.74, 6) is 0.447.